The minimum Gasteiger partial charge on any atom is -0.380 e. The van der Waals surface area contributed by atoms with Crippen LogP contribution in [0.5, 0.6) is 0 Å². The molecule has 0 aliphatic heterocycles. The van der Waals surface area contributed by atoms with Crippen LogP contribution in [0.3, 0.4) is 0 Å². The lowest BCUT2D eigenvalue weighted by molar-refractivity contribution is 0.138. The van der Waals surface area contributed by atoms with Gasteiger partial charge < -0.3 is 4.74 Å². The van der Waals surface area contributed by atoms with Crippen LogP contribution in [-0.2, 0) is 17.8 Å². The number of aryl methyl sites for hydroxylation is 1. The summed E-state index contributed by atoms with van der Waals surface area (Å²) in [7, 11) is 0. The molecule has 4 heteroatoms. The second-order valence-electron chi connectivity index (χ2n) is 2.76. The van der Waals surface area contributed by atoms with E-state index in [1.54, 1.807) is 21.5 Å². The normalized spacial score (nSPS) is 10.6. The van der Waals surface area contributed by atoms with Gasteiger partial charge in [-0.3, -0.25) is 9.13 Å². The van der Waals surface area contributed by atoms with Gasteiger partial charge in [0.1, 0.15) is 0 Å². The molecular weight excluding hydrogens is 168 g/mol. The average molecular weight is 184 g/mol. The molecule has 0 atom stereocenters. The molecule has 1 aromatic heterocycles. The quantitative estimate of drug-likeness (QED) is 0.632. The molecular formula is C9H16N2O2. The molecule has 0 aromatic carbocycles. The highest BCUT2D eigenvalue weighted by molar-refractivity contribution is 4.80. The SMILES string of the molecule is CCOCCn1ccn(CC)c1=O. The maximum Gasteiger partial charge on any atom is 0.328 e. The van der Waals surface area contributed by atoms with E-state index in [0.29, 0.717) is 19.8 Å². The molecule has 1 aromatic rings. The highest BCUT2D eigenvalue weighted by atomic mass is 16.5. The van der Waals surface area contributed by atoms with E-state index < -0.39 is 0 Å². The Bertz CT molecular complexity index is 301. The Labute approximate surface area is 77.7 Å². The Balaban J connectivity index is 2.57. The molecule has 0 radical (unpaired) electrons. The summed E-state index contributed by atoms with van der Waals surface area (Å²) < 4.78 is 8.50. The van der Waals surface area contributed by atoms with E-state index in [1.807, 2.05) is 13.8 Å². The largest absolute Gasteiger partial charge is 0.380 e. The van der Waals surface area contributed by atoms with Gasteiger partial charge in [0.05, 0.1) is 13.2 Å². The Morgan fingerprint density at radius 1 is 1.31 bits per heavy atom. The van der Waals surface area contributed by atoms with E-state index in [1.165, 1.54) is 0 Å². The van der Waals surface area contributed by atoms with E-state index in [-0.39, 0.29) is 5.69 Å². The zero-order valence-corrected chi connectivity index (χ0v) is 8.19. The van der Waals surface area contributed by atoms with Crippen LogP contribution in [0.2, 0.25) is 0 Å². The second-order valence-corrected chi connectivity index (χ2v) is 2.76. The minimum absolute atomic E-state index is 0.0437. The molecule has 1 heterocycles. The predicted octanol–water partition coefficient (Wildman–Crippen LogP) is 0.706. The van der Waals surface area contributed by atoms with Gasteiger partial charge in [-0.25, -0.2) is 4.79 Å². The fraction of sp³-hybridized carbons (Fsp3) is 0.667. The number of hydrogen-bond acceptors (Lipinski definition) is 2. The zero-order chi connectivity index (χ0) is 9.68. The van der Waals surface area contributed by atoms with Crippen molar-refractivity contribution in [2.75, 3.05) is 13.2 Å². The highest BCUT2D eigenvalue weighted by Crippen LogP contribution is 1.86. The predicted molar refractivity (Wildman–Crippen MR) is 50.9 cm³/mol. The molecule has 0 fully saturated rings. The molecule has 0 saturated carbocycles. The van der Waals surface area contributed by atoms with E-state index in [9.17, 15) is 4.79 Å². The zero-order valence-electron chi connectivity index (χ0n) is 8.19. The van der Waals surface area contributed by atoms with Crippen molar-refractivity contribution in [2.24, 2.45) is 0 Å². The molecule has 0 aliphatic rings. The molecule has 0 N–H and O–H groups in total. The molecule has 74 valence electrons. The molecule has 4 nitrogen and oxygen atoms in total. The molecule has 0 amide bonds. The van der Waals surface area contributed by atoms with Crippen LogP contribution in [0, 0.1) is 0 Å². The van der Waals surface area contributed by atoms with E-state index >= 15 is 0 Å². The molecule has 1 rings (SSSR count). The van der Waals surface area contributed by atoms with Crippen molar-refractivity contribution in [1.82, 2.24) is 9.13 Å². The fourth-order valence-corrected chi connectivity index (χ4v) is 1.17. The summed E-state index contributed by atoms with van der Waals surface area (Å²) in [5.41, 5.74) is 0.0437. The van der Waals surface area contributed by atoms with Gasteiger partial charge >= 0.3 is 5.69 Å². The van der Waals surface area contributed by atoms with Gasteiger partial charge in [-0.1, -0.05) is 0 Å². The number of ether oxygens (including phenoxy) is 1. The molecule has 0 aliphatic carbocycles. The van der Waals surface area contributed by atoms with Crippen molar-refractivity contribution < 1.29 is 4.74 Å². The summed E-state index contributed by atoms with van der Waals surface area (Å²) >= 11 is 0. The van der Waals surface area contributed by atoms with E-state index in [0.717, 1.165) is 6.54 Å². The van der Waals surface area contributed by atoms with Crippen molar-refractivity contribution in [3.63, 3.8) is 0 Å². The summed E-state index contributed by atoms with van der Waals surface area (Å²) in [5, 5.41) is 0. The lowest BCUT2D eigenvalue weighted by atomic mass is 10.6. The van der Waals surface area contributed by atoms with Gasteiger partial charge in [0.2, 0.25) is 0 Å². The number of hydrogen-bond donors (Lipinski definition) is 0. The summed E-state index contributed by atoms with van der Waals surface area (Å²) in [4.78, 5) is 11.5. The number of rotatable bonds is 5. The van der Waals surface area contributed by atoms with Crippen molar-refractivity contribution in [1.29, 1.82) is 0 Å². The Kier molecular flexibility index (Phi) is 3.76. The van der Waals surface area contributed by atoms with Crippen LogP contribution in [0.4, 0.5) is 0 Å². The Morgan fingerprint density at radius 2 is 2.00 bits per heavy atom. The van der Waals surface area contributed by atoms with Crippen LogP contribution in [0.25, 0.3) is 0 Å². The molecule has 13 heavy (non-hydrogen) atoms. The van der Waals surface area contributed by atoms with E-state index in [4.69, 9.17) is 4.74 Å². The lowest BCUT2D eigenvalue weighted by Gasteiger charge is -2.01. The summed E-state index contributed by atoms with van der Waals surface area (Å²) in [6.45, 7) is 6.56. The number of aromatic nitrogens is 2. The minimum atomic E-state index is 0.0437. The van der Waals surface area contributed by atoms with Crippen LogP contribution >= 0.6 is 0 Å². The maximum atomic E-state index is 11.5. The summed E-state index contributed by atoms with van der Waals surface area (Å²) in [6, 6.07) is 0. The van der Waals surface area contributed by atoms with Crippen LogP contribution < -0.4 is 5.69 Å². The smallest absolute Gasteiger partial charge is 0.328 e. The second kappa shape index (κ2) is 4.87. The maximum absolute atomic E-state index is 11.5. The summed E-state index contributed by atoms with van der Waals surface area (Å²) in [5.74, 6) is 0. The van der Waals surface area contributed by atoms with Gasteiger partial charge in [-0.15, -0.1) is 0 Å². The van der Waals surface area contributed by atoms with Crippen LogP contribution in [0.15, 0.2) is 17.2 Å². The summed E-state index contributed by atoms with van der Waals surface area (Å²) in [6.07, 6.45) is 3.60. The third kappa shape index (κ3) is 2.45. The highest BCUT2D eigenvalue weighted by Gasteiger charge is 1.99. The number of nitrogens with zero attached hydrogens (tertiary/aromatic N) is 2. The van der Waals surface area contributed by atoms with Gasteiger partial charge in [0.15, 0.2) is 0 Å². The Hall–Kier alpha value is -1.03. The van der Waals surface area contributed by atoms with Gasteiger partial charge in [-0.05, 0) is 13.8 Å². The molecule has 0 spiro atoms. The van der Waals surface area contributed by atoms with Crippen LogP contribution in [0.1, 0.15) is 13.8 Å². The molecule has 0 unspecified atom stereocenters. The first-order chi connectivity index (χ1) is 6.29. The van der Waals surface area contributed by atoms with Crippen molar-refractivity contribution in [2.45, 2.75) is 26.9 Å². The average Bonchev–Trinajstić information content (AvgIpc) is 2.48. The molecule has 0 saturated heterocycles. The molecule has 0 bridgehead atoms. The fourth-order valence-electron chi connectivity index (χ4n) is 1.17. The first-order valence-corrected chi connectivity index (χ1v) is 4.63. The monoisotopic (exact) mass is 184 g/mol. The van der Waals surface area contributed by atoms with Crippen LogP contribution in [-0.4, -0.2) is 22.3 Å². The third-order valence-electron chi connectivity index (χ3n) is 1.94. The van der Waals surface area contributed by atoms with Gasteiger partial charge in [-0.2, -0.15) is 0 Å². The van der Waals surface area contributed by atoms with Crippen molar-refractivity contribution in [3.8, 4) is 0 Å². The van der Waals surface area contributed by atoms with Gasteiger partial charge in [0, 0.05) is 25.5 Å². The van der Waals surface area contributed by atoms with E-state index in [2.05, 4.69) is 0 Å². The number of imidazole rings is 1. The standard InChI is InChI=1S/C9H16N2O2/c1-3-10-5-6-11(9(10)12)7-8-13-4-2/h5-6H,3-4,7-8H2,1-2H3. The van der Waals surface area contributed by atoms with Gasteiger partial charge in [0.25, 0.3) is 0 Å². The van der Waals surface area contributed by atoms with Crippen molar-refractivity contribution >= 4 is 0 Å². The lowest BCUT2D eigenvalue weighted by Crippen LogP contribution is -2.24. The first kappa shape index (κ1) is 10.1. The first-order valence-electron chi connectivity index (χ1n) is 4.63. The Morgan fingerprint density at radius 3 is 2.54 bits per heavy atom. The third-order valence-corrected chi connectivity index (χ3v) is 1.94. The van der Waals surface area contributed by atoms with Crippen molar-refractivity contribution in [3.05, 3.63) is 22.9 Å². The topological polar surface area (TPSA) is 36.2 Å².